The normalized spacial score (nSPS) is 9.33. The summed E-state index contributed by atoms with van der Waals surface area (Å²) in [4.78, 5) is 32.2. The number of primary amides is 3. The number of benzene rings is 1. The van der Waals surface area contributed by atoms with Crippen molar-refractivity contribution in [1.82, 2.24) is 0 Å². The van der Waals surface area contributed by atoms with Crippen molar-refractivity contribution in [2.24, 2.45) is 17.2 Å². The molecule has 0 aliphatic rings. The van der Waals surface area contributed by atoms with Gasteiger partial charge in [0.2, 0.25) is 0 Å². The second-order valence-corrected chi connectivity index (χ2v) is 3.27. The van der Waals surface area contributed by atoms with Crippen LogP contribution in [0.2, 0.25) is 0 Å². The molecule has 0 heterocycles. The summed E-state index contributed by atoms with van der Waals surface area (Å²) >= 11 is 0. The summed E-state index contributed by atoms with van der Waals surface area (Å²) in [6.45, 7) is 0. The summed E-state index contributed by atoms with van der Waals surface area (Å²) in [5.74, 6) is 0. The Bertz CT molecular complexity index is 417. The number of carbonyl (C=O) groups excluding carboxylic acids is 3. The van der Waals surface area contributed by atoms with E-state index in [1.54, 1.807) is 0 Å². The lowest BCUT2D eigenvalue weighted by Gasteiger charge is -2.10. The Morgan fingerprint density at radius 2 is 0.889 bits per heavy atom. The van der Waals surface area contributed by atoms with Gasteiger partial charge in [-0.3, -0.25) is 0 Å². The molecule has 0 unspecified atom stereocenters. The van der Waals surface area contributed by atoms with Gasteiger partial charge in [0.1, 0.15) is 0 Å². The molecule has 0 fully saturated rings. The van der Waals surface area contributed by atoms with Crippen molar-refractivity contribution in [1.29, 1.82) is 0 Å². The van der Waals surface area contributed by atoms with Crippen molar-refractivity contribution in [3.63, 3.8) is 0 Å². The van der Waals surface area contributed by atoms with Gasteiger partial charge in [-0.15, -0.1) is 0 Å². The molecule has 0 aliphatic heterocycles. The third kappa shape index (κ3) is 4.26. The number of amides is 6. The topological polar surface area (TPSA) is 165 Å². The number of carbonyl (C=O) groups is 3. The summed E-state index contributed by atoms with van der Waals surface area (Å²) in [7, 11) is 0. The van der Waals surface area contributed by atoms with E-state index < -0.39 is 18.1 Å². The third-order valence-corrected chi connectivity index (χ3v) is 1.74. The summed E-state index contributed by atoms with van der Waals surface area (Å²) < 4.78 is 0. The lowest BCUT2D eigenvalue weighted by atomic mass is 10.2. The van der Waals surface area contributed by atoms with Crippen molar-refractivity contribution in [3.8, 4) is 0 Å². The van der Waals surface area contributed by atoms with Gasteiger partial charge in [0.05, 0.1) is 0 Å². The molecule has 0 saturated carbocycles. The van der Waals surface area contributed by atoms with Crippen LogP contribution < -0.4 is 33.2 Å². The highest BCUT2D eigenvalue weighted by atomic mass is 16.2. The van der Waals surface area contributed by atoms with Gasteiger partial charge in [-0.1, -0.05) is 0 Å². The maximum atomic E-state index is 10.7. The van der Waals surface area contributed by atoms with Crippen LogP contribution in [0.25, 0.3) is 0 Å². The fourth-order valence-corrected chi connectivity index (χ4v) is 1.27. The van der Waals surface area contributed by atoms with Crippen molar-refractivity contribution >= 4 is 35.2 Å². The van der Waals surface area contributed by atoms with E-state index in [4.69, 9.17) is 17.2 Å². The number of nitrogens with two attached hydrogens (primary N) is 3. The largest absolute Gasteiger partial charge is 0.351 e. The van der Waals surface area contributed by atoms with Crippen LogP contribution in [0.15, 0.2) is 18.2 Å². The van der Waals surface area contributed by atoms with Gasteiger partial charge in [-0.2, -0.15) is 0 Å². The molecule has 0 saturated heterocycles. The summed E-state index contributed by atoms with van der Waals surface area (Å²) in [5, 5.41) is 6.86. The predicted molar refractivity (Wildman–Crippen MR) is 66.1 cm³/mol. The first-order chi connectivity index (χ1) is 8.36. The van der Waals surface area contributed by atoms with E-state index >= 15 is 0 Å². The van der Waals surface area contributed by atoms with E-state index in [0.29, 0.717) is 0 Å². The van der Waals surface area contributed by atoms with Crippen LogP contribution in [0.4, 0.5) is 31.4 Å². The molecule has 1 aromatic rings. The lowest BCUT2D eigenvalue weighted by Crippen LogP contribution is -2.22. The van der Waals surface area contributed by atoms with Crippen LogP contribution in [0, 0.1) is 0 Å². The molecular weight excluding hydrogens is 240 g/mol. The van der Waals surface area contributed by atoms with Crippen LogP contribution in [0.1, 0.15) is 0 Å². The Morgan fingerprint density at radius 3 is 1.06 bits per heavy atom. The van der Waals surface area contributed by atoms with Gasteiger partial charge in [0.15, 0.2) is 0 Å². The zero-order valence-electron chi connectivity index (χ0n) is 9.19. The molecule has 0 aliphatic carbocycles. The molecule has 18 heavy (non-hydrogen) atoms. The molecular formula is C9H12N6O3. The second-order valence-electron chi connectivity index (χ2n) is 3.27. The maximum absolute atomic E-state index is 10.7. The fourth-order valence-electron chi connectivity index (χ4n) is 1.27. The first-order valence-corrected chi connectivity index (χ1v) is 4.71. The molecule has 0 atom stereocenters. The quantitative estimate of drug-likeness (QED) is 0.451. The average molecular weight is 252 g/mol. The highest BCUT2D eigenvalue weighted by Gasteiger charge is 2.05. The van der Waals surface area contributed by atoms with Crippen LogP contribution >= 0.6 is 0 Å². The van der Waals surface area contributed by atoms with Gasteiger partial charge < -0.3 is 33.2 Å². The second kappa shape index (κ2) is 5.39. The molecule has 9 heteroatoms. The number of hydrogen-bond donors (Lipinski definition) is 6. The highest BCUT2D eigenvalue weighted by molar-refractivity contribution is 5.95. The molecule has 0 radical (unpaired) electrons. The molecule has 1 rings (SSSR count). The van der Waals surface area contributed by atoms with Gasteiger partial charge in [-0.25, -0.2) is 14.4 Å². The summed E-state index contributed by atoms with van der Waals surface area (Å²) in [6, 6.07) is 1.83. The standard InChI is InChI=1S/C9H12N6O3/c10-7(16)13-4-1-5(14-8(11)17)3-6(2-4)15-9(12)18/h1-3H,(H3,10,13,16)(H3,11,14,17)(H3,12,15,18). The molecule has 6 amide bonds. The molecule has 0 aromatic heterocycles. The number of rotatable bonds is 3. The molecule has 0 bridgehead atoms. The molecule has 9 N–H and O–H groups in total. The van der Waals surface area contributed by atoms with Crippen molar-refractivity contribution in [2.75, 3.05) is 16.0 Å². The van der Waals surface area contributed by atoms with E-state index in [-0.39, 0.29) is 17.1 Å². The van der Waals surface area contributed by atoms with Crippen LogP contribution in [-0.2, 0) is 0 Å². The predicted octanol–water partition coefficient (Wildman–Crippen LogP) is 0.158. The minimum atomic E-state index is -0.795. The van der Waals surface area contributed by atoms with Crippen LogP contribution in [-0.4, -0.2) is 18.1 Å². The smallest absolute Gasteiger partial charge is 0.316 e. The number of anilines is 3. The van der Waals surface area contributed by atoms with E-state index in [1.807, 2.05) is 0 Å². The Hall–Kier alpha value is -2.97. The van der Waals surface area contributed by atoms with E-state index in [1.165, 1.54) is 18.2 Å². The zero-order chi connectivity index (χ0) is 13.7. The average Bonchev–Trinajstić information content (AvgIpc) is 2.12. The minimum Gasteiger partial charge on any atom is -0.351 e. The minimum absolute atomic E-state index is 0.262. The molecule has 96 valence electrons. The first-order valence-electron chi connectivity index (χ1n) is 4.71. The van der Waals surface area contributed by atoms with Crippen molar-refractivity contribution < 1.29 is 14.4 Å². The zero-order valence-corrected chi connectivity index (χ0v) is 9.19. The SMILES string of the molecule is NC(=O)Nc1cc(NC(N)=O)cc(NC(N)=O)c1. The monoisotopic (exact) mass is 252 g/mol. The first kappa shape index (κ1) is 13.1. The number of urea groups is 3. The third-order valence-electron chi connectivity index (χ3n) is 1.74. The summed E-state index contributed by atoms with van der Waals surface area (Å²) in [5.41, 5.74) is 15.6. The molecule has 1 aromatic carbocycles. The highest BCUT2D eigenvalue weighted by Crippen LogP contribution is 2.22. The van der Waals surface area contributed by atoms with Gasteiger partial charge in [0.25, 0.3) is 0 Å². The Morgan fingerprint density at radius 1 is 0.667 bits per heavy atom. The Labute approximate surface area is 102 Å². The van der Waals surface area contributed by atoms with Gasteiger partial charge >= 0.3 is 18.1 Å². The number of nitrogens with one attached hydrogen (secondary N) is 3. The van der Waals surface area contributed by atoms with Gasteiger partial charge in [0, 0.05) is 17.1 Å². The summed E-state index contributed by atoms with van der Waals surface area (Å²) in [6.07, 6.45) is 0. The molecule has 0 spiro atoms. The maximum Gasteiger partial charge on any atom is 0.316 e. The van der Waals surface area contributed by atoms with Crippen LogP contribution in [0.3, 0.4) is 0 Å². The van der Waals surface area contributed by atoms with Crippen LogP contribution in [0.5, 0.6) is 0 Å². The van der Waals surface area contributed by atoms with E-state index in [9.17, 15) is 14.4 Å². The Balaban J connectivity index is 3.06. The van der Waals surface area contributed by atoms with E-state index in [0.717, 1.165) is 0 Å². The fraction of sp³-hybridized carbons (Fsp3) is 0. The van der Waals surface area contributed by atoms with Gasteiger partial charge in [-0.05, 0) is 18.2 Å². The lowest BCUT2D eigenvalue weighted by molar-refractivity contribution is 0.258. The Kier molecular flexibility index (Phi) is 3.92. The van der Waals surface area contributed by atoms with E-state index in [2.05, 4.69) is 16.0 Å². The molecule has 9 nitrogen and oxygen atoms in total. The van der Waals surface area contributed by atoms with Crippen molar-refractivity contribution in [2.45, 2.75) is 0 Å². The number of hydrogen-bond acceptors (Lipinski definition) is 3. The van der Waals surface area contributed by atoms with Crippen molar-refractivity contribution in [3.05, 3.63) is 18.2 Å².